The molecule has 0 N–H and O–H groups in total. The standard InChI is InChI=1S/C10H19IO2/c1-3-5-6-9(11)7-8-10(12)13-4-2/h9H,3-8H2,1-2H3. The van der Waals surface area contributed by atoms with Crippen LogP contribution in [0.4, 0.5) is 0 Å². The maximum Gasteiger partial charge on any atom is 0.305 e. The van der Waals surface area contributed by atoms with Crippen LogP contribution in [0.2, 0.25) is 0 Å². The highest BCUT2D eigenvalue weighted by Crippen LogP contribution is 2.16. The normalized spacial score (nSPS) is 12.5. The first-order valence-electron chi connectivity index (χ1n) is 5.00. The molecule has 0 saturated heterocycles. The number of alkyl halides is 1. The summed E-state index contributed by atoms with van der Waals surface area (Å²) in [5.41, 5.74) is 0. The Labute approximate surface area is 94.6 Å². The molecule has 0 aromatic heterocycles. The maximum absolute atomic E-state index is 11.0. The highest BCUT2D eigenvalue weighted by Gasteiger charge is 2.07. The molecule has 0 heterocycles. The van der Waals surface area contributed by atoms with E-state index in [1.807, 2.05) is 6.92 Å². The van der Waals surface area contributed by atoms with E-state index in [-0.39, 0.29) is 5.97 Å². The number of halogens is 1. The molecule has 0 amide bonds. The second-order valence-electron chi connectivity index (χ2n) is 3.08. The third-order valence-corrected chi connectivity index (χ3v) is 3.08. The largest absolute Gasteiger partial charge is 0.466 e. The summed E-state index contributed by atoms with van der Waals surface area (Å²) in [4.78, 5) is 11.0. The number of carbonyl (C=O) groups excluding carboxylic acids is 1. The molecule has 0 aliphatic rings. The molecule has 0 fully saturated rings. The van der Waals surface area contributed by atoms with Crippen LogP contribution in [0.25, 0.3) is 0 Å². The molecule has 1 atom stereocenters. The first-order chi connectivity index (χ1) is 6.20. The smallest absolute Gasteiger partial charge is 0.305 e. The Kier molecular flexibility index (Phi) is 8.92. The van der Waals surface area contributed by atoms with E-state index in [0.29, 0.717) is 17.0 Å². The molecule has 0 spiro atoms. The first kappa shape index (κ1) is 13.2. The summed E-state index contributed by atoms with van der Waals surface area (Å²) >= 11 is 2.42. The minimum absolute atomic E-state index is 0.0549. The van der Waals surface area contributed by atoms with Crippen molar-refractivity contribution in [1.82, 2.24) is 0 Å². The lowest BCUT2D eigenvalue weighted by molar-refractivity contribution is -0.143. The van der Waals surface area contributed by atoms with Gasteiger partial charge in [-0.25, -0.2) is 0 Å². The van der Waals surface area contributed by atoms with Gasteiger partial charge in [0.25, 0.3) is 0 Å². The molecular formula is C10H19IO2. The van der Waals surface area contributed by atoms with E-state index in [4.69, 9.17) is 4.74 Å². The van der Waals surface area contributed by atoms with Crippen LogP contribution in [0.15, 0.2) is 0 Å². The van der Waals surface area contributed by atoms with Gasteiger partial charge in [-0.05, 0) is 19.8 Å². The van der Waals surface area contributed by atoms with Gasteiger partial charge in [-0.1, -0.05) is 42.4 Å². The van der Waals surface area contributed by atoms with Gasteiger partial charge in [0.1, 0.15) is 0 Å². The maximum atomic E-state index is 11.0. The van der Waals surface area contributed by atoms with Crippen molar-refractivity contribution in [2.24, 2.45) is 0 Å². The minimum Gasteiger partial charge on any atom is -0.466 e. The van der Waals surface area contributed by atoms with Crippen LogP contribution in [0.1, 0.15) is 46.0 Å². The van der Waals surface area contributed by atoms with Gasteiger partial charge in [0.15, 0.2) is 0 Å². The van der Waals surface area contributed by atoms with E-state index < -0.39 is 0 Å². The van der Waals surface area contributed by atoms with E-state index >= 15 is 0 Å². The summed E-state index contributed by atoms with van der Waals surface area (Å²) in [6.07, 6.45) is 5.25. The minimum atomic E-state index is -0.0549. The molecule has 0 aliphatic carbocycles. The van der Waals surface area contributed by atoms with Gasteiger partial charge in [0.2, 0.25) is 0 Å². The molecule has 0 rings (SSSR count). The number of carbonyl (C=O) groups is 1. The summed E-state index contributed by atoms with van der Waals surface area (Å²) in [5.74, 6) is -0.0549. The Morgan fingerprint density at radius 1 is 1.38 bits per heavy atom. The second kappa shape index (κ2) is 8.78. The Balaban J connectivity index is 3.34. The number of hydrogen-bond acceptors (Lipinski definition) is 2. The molecule has 3 heteroatoms. The molecule has 0 radical (unpaired) electrons. The monoisotopic (exact) mass is 298 g/mol. The van der Waals surface area contributed by atoms with Gasteiger partial charge in [-0.15, -0.1) is 0 Å². The van der Waals surface area contributed by atoms with Crippen molar-refractivity contribution in [2.45, 2.75) is 49.9 Å². The third-order valence-electron chi connectivity index (χ3n) is 1.84. The van der Waals surface area contributed by atoms with E-state index in [1.54, 1.807) is 0 Å². The number of unbranched alkanes of at least 4 members (excludes halogenated alkanes) is 1. The number of rotatable bonds is 7. The van der Waals surface area contributed by atoms with Crippen molar-refractivity contribution in [2.75, 3.05) is 6.61 Å². The van der Waals surface area contributed by atoms with Gasteiger partial charge in [0, 0.05) is 10.3 Å². The summed E-state index contributed by atoms with van der Waals surface area (Å²) < 4.78 is 5.48. The molecule has 78 valence electrons. The van der Waals surface area contributed by atoms with E-state index in [2.05, 4.69) is 29.5 Å². The van der Waals surface area contributed by atoms with Gasteiger partial charge in [-0.3, -0.25) is 4.79 Å². The molecule has 2 nitrogen and oxygen atoms in total. The Morgan fingerprint density at radius 3 is 2.62 bits per heavy atom. The zero-order chi connectivity index (χ0) is 10.1. The zero-order valence-electron chi connectivity index (χ0n) is 8.51. The number of ether oxygens (including phenoxy) is 1. The molecule has 1 unspecified atom stereocenters. The van der Waals surface area contributed by atoms with Crippen molar-refractivity contribution in [3.63, 3.8) is 0 Å². The van der Waals surface area contributed by atoms with Crippen molar-refractivity contribution in [1.29, 1.82) is 0 Å². The lowest BCUT2D eigenvalue weighted by Gasteiger charge is -2.07. The average Bonchev–Trinajstić information content (AvgIpc) is 2.12. The van der Waals surface area contributed by atoms with E-state index in [1.165, 1.54) is 19.3 Å². The van der Waals surface area contributed by atoms with Crippen LogP contribution < -0.4 is 0 Å². The lowest BCUT2D eigenvalue weighted by atomic mass is 10.1. The molecular weight excluding hydrogens is 279 g/mol. The lowest BCUT2D eigenvalue weighted by Crippen LogP contribution is -2.07. The van der Waals surface area contributed by atoms with Crippen LogP contribution in [0.5, 0.6) is 0 Å². The number of hydrogen-bond donors (Lipinski definition) is 0. The van der Waals surface area contributed by atoms with Crippen LogP contribution >= 0.6 is 22.6 Å². The van der Waals surface area contributed by atoms with Crippen LogP contribution in [-0.2, 0) is 9.53 Å². The second-order valence-corrected chi connectivity index (χ2v) is 4.84. The van der Waals surface area contributed by atoms with Crippen LogP contribution in [0, 0.1) is 0 Å². The molecule has 0 aromatic rings. The zero-order valence-corrected chi connectivity index (χ0v) is 10.7. The van der Waals surface area contributed by atoms with E-state index in [9.17, 15) is 4.79 Å². The fraction of sp³-hybridized carbons (Fsp3) is 0.900. The topological polar surface area (TPSA) is 26.3 Å². The fourth-order valence-corrected chi connectivity index (χ4v) is 1.83. The Morgan fingerprint density at radius 2 is 2.08 bits per heavy atom. The molecule has 0 bridgehead atoms. The van der Waals surface area contributed by atoms with Crippen molar-refractivity contribution in [3.8, 4) is 0 Å². The van der Waals surface area contributed by atoms with Crippen LogP contribution in [0.3, 0.4) is 0 Å². The van der Waals surface area contributed by atoms with E-state index in [0.717, 1.165) is 6.42 Å². The van der Waals surface area contributed by atoms with Gasteiger partial charge in [-0.2, -0.15) is 0 Å². The van der Waals surface area contributed by atoms with Crippen molar-refractivity contribution in [3.05, 3.63) is 0 Å². The summed E-state index contributed by atoms with van der Waals surface area (Å²) in [7, 11) is 0. The molecule has 0 aliphatic heterocycles. The highest BCUT2D eigenvalue weighted by atomic mass is 127. The SMILES string of the molecule is CCCCC(I)CCC(=O)OCC. The molecule has 0 aromatic carbocycles. The Bertz CT molecular complexity index is 137. The summed E-state index contributed by atoms with van der Waals surface area (Å²) in [6.45, 7) is 4.53. The molecule has 13 heavy (non-hydrogen) atoms. The first-order valence-corrected chi connectivity index (χ1v) is 6.25. The summed E-state index contributed by atoms with van der Waals surface area (Å²) in [6, 6.07) is 0. The van der Waals surface area contributed by atoms with Gasteiger partial charge in [0.05, 0.1) is 6.61 Å². The highest BCUT2D eigenvalue weighted by molar-refractivity contribution is 14.1. The predicted molar refractivity (Wildman–Crippen MR) is 63.2 cm³/mol. The third kappa shape index (κ3) is 8.53. The summed E-state index contributed by atoms with van der Waals surface area (Å²) in [5, 5.41) is 0. The fourth-order valence-electron chi connectivity index (χ4n) is 1.08. The quantitative estimate of drug-likeness (QED) is 0.409. The number of esters is 1. The Hall–Kier alpha value is 0.200. The van der Waals surface area contributed by atoms with Gasteiger partial charge < -0.3 is 4.74 Å². The van der Waals surface area contributed by atoms with Gasteiger partial charge >= 0.3 is 5.97 Å². The average molecular weight is 298 g/mol. The molecule has 0 saturated carbocycles. The predicted octanol–water partition coefficient (Wildman–Crippen LogP) is 3.32. The van der Waals surface area contributed by atoms with Crippen LogP contribution in [-0.4, -0.2) is 16.5 Å². The van der Waals surface area contributed by atoms with Crippen molar-refractivity contribution >= 4 is 28.6 Å². The van der Waals surface area contributed by atoms with Crippen molar-refractivity contribution < 1.29 is 9.53 Å².